The van der Waals surface area contributed by atoms with E-state index in [1.54, 1.807) is 7.11 Å². The number of tetrazole rings is 1. The van der Waals surface area contributed by atoms with Crippen molar-refractivity contribution < 1.29 is 9.53 Å². The van der Waals surface area contributed by atoms with Crippen molar-refractivity contribution in [2.24, 2.45) is 0 Å². The van der Waals surface area contributed by atoms with Gasteiger partial charge in [-0.15, -0.1) is 16.4 Å². The summed E-state index contributed by atoms with van der Waals surface area (Å²) in [4.78, 5) is 16.8. The molecule has 0 saturated carbocycles. The Hall–Kier alpha value is -2.77. The number of nitriles is 1. The van der Waals surface area contributed by atoms with Crippen LogP contribution in [-0.2, 0) is 4.79 Å². The lowest BCUT2D eigenvalue weighted by atomic mass is 10.1. The average molecular weight is 400 g/mol. The number of carbonyl (C=O) groups excluding carboxylic acids is 1. The molecule has 0 aliphatic rings. The summed E-state index contributed by atoms with van der Waals surface area (Å²) in [5, 5.41) is 23.9. The van der Waals surface area contributed by atoms with Gasteiger partial charge >= 0.3 is 0 Å². The van der Waals surface area contributed by atoms with E-state index in [0.717, 1.165) is 11.3 Å². The molecule has 1 aromatic carbocycles. The smallest absolute Gasteiger partial charge is 0.214 e. The van der Waals surface area contributed by atoms with Crippen LogP contribution < -0.4 is 4.74 Å². The van der Waals surface area contributed by atoms with Gasteiger partial charge in [0.2, 0.25) is 5.16 Å². The normalized spacial score (nSPS) is 11.8. The molecule has 0 aliphatic carbocycles. The number of aryl methyl sites for hydroxylation is 2. The standard InChI is InChI=1S/C17H16N6O2S2/c1-10-4-5-15(25-3)13(6-10)23-17(20-21-22-23)27-9-14(24)12(7-18)16-19-11(2)8-26-16/h4-6,8,12H,9H2,1-3H3. The maximum absolute atomic E-state index is 12.5. The number of ketones is 1. The average Bonchev–Trinajstić information content (AvgIpc) is 3.29. The minimum absolute atomic E-state index is 0.0609. The molecule has 1 atom stereocenters. The number of aromatic nitrogens is 5. The number of benzene rings is 1. The Bertz CT molecular complexity index is 1010. The highest BCUT2D eigenvalue weighted by molar-refractivity contribution is 7.99. The monoisotopic (exact) mass is 400 g/mol. The Morgan fingerprint density at radius 3 is 2.93 bits per heavy atom. The molecule has 0 bridgehead atoms. The SMILES string of the molecule is COc1ccc(C)cc1-n1nnnc1SCC(=O)C(C#N)c1nc(C)cs1. The molecule has 0 fully saturated rings. The summed E-state index contributed by atoms with van der Waals surface area (Å²) in [5.74, 6) is -0.434. The Kier molecular flexibility index (Phi) is 5.83. The maximum Gasteiger partial charge on any atom is 0.214 e. The maximum atomic E-state index is 12.5. The lowest BCUT2D eigenvalue weighted by Crippen LogP contribution is -2.14. The predicted octanol–water partition coefficient (Wildman–Crippen LogP) is 2.71. The Balaban J connectivity index is 1.79. The van der Waals surface area contributed by atoms with Gasteiger partial charge in [-0.1, -0.05) is 17.8 Å². The van der Waals surface area contributed by atoms with Gasteiger partial charge in [0, 0.05) is 11.1 Å². The van der Waals surface area contributed by atoms with Crippen LogP contribution in [-0.4, -0.2) is 43.8 Å². The number of thioether (sulfide) groups is 1. The molecular weight excluding hydrogens is 384 g/mol. The fourth-order valence-electron chi connectivity index (χ4n) is 2.37. The van der Waals surface area contributed by atoms with Gasteiger partial charge in [0.05, 0.1) is 18.9 Å². The van der Waals surface area contributed by atoms with Crippen molar-refractivity contribution in [3.8, 4) is 17.5 Å². The number of hydrogen-bond donors (Lipinski definition) is 0. The topological polar surface area (TPSA) is 107 Å². The Labute approximate surface area is 164 Å². The Morgan fingerprint density at radius 2 is 2.26 bits per heavy atom. The van der Waals surface area contributed by atoms with Gasteiger partial charge < -0.3 is 4.74 Å². The molecule has 0 N–H and O–H groups in total. The van der Waals surface area contributed by atoms with Crippen LogP contribution in [0.15, 0.2) is 28.7 Å². The fourth-order valence-corrected chi connectivity index (χ4v) is 4.02. The molecule has 1 unspecified atom stereocenters. The lowest BCUT2D eigenvalue weighted by Gasteiger charge is -2.10. The molecule has 0 radical (unpaired) electrons. The zero-order chi connectivity index (χ0) is 19.4. The highest BCUT2D eigenvalue weighted by Gasteiger charge is 2.24. The summed E-state index contributed by atoms with van der Waals surface area (Å²) in [6.45, 7) is 3.79. The number of thiazole rings is 1. The van der Waals surface area contributed by atoms with E-state index in [1.807, 2.05) is 43.5 Å². The number of nitrogens with zero attached hydrogens (tertiary/aromatic N) is 6. The molecule has 0 amide bonds. The van der Waals surface area contributed by atoms with Crippen LogP contribution in [0, 0.1) is 25.2 Å². The molecular formula is C17H16N6O2S2. The predicted molar refractivity (Wildman–Crippen MR) is 101 cm³/mol. The van der Waals surface area contributed by atoms with Gasteiger partial charge in [0.25, 0.3) is 0 Å². The summed E-state index contributed by atoms with van der Waals surface area (Å²) in [6.07, 6.45) is 0. The zero-order valence-corrected chi connectivity index (χ0v) is 16.5. The number of carbonyl (C=O) groups is 1. The van der Waals surface area contributed by atoms with Crippen LogP contribution in [0.2, 0.25) is 0 Å². The van der Waals surface area contributed by atoms with Crippen LogP contribution >= 0.6 is 23.1 Å². The molecule has 3 rings (SSSR count). The van der Waals surface area contributed by atoms with E-state index >= 15 is 0 Å². The molecule has 2 heterocycles. The van der Waals surface area contributed by atoms with Crippen LogP contribution in [0.3, 0.4) is 0 Å². The highest BCUT2D eigenvalue weighted by Crippen LogP contribution is 2.28. The molecule has 0 saturated heterocycles. The second kappa shape index (κ2) is 8.28. The summed E-state index contributed by atoms with van der Waals surface area (Å²) < 4.78 is 6.90. The van der Waals surface area contributed by atoms with Crippen LogP contribution in [0.4, 0.5) is 0 Å². The summed E-state index contributed by atoms with van der Waals surface area (Å²) in [7, 11) is 1.57. The van der Waals surface area contributed by atoms with Gasteiger partial charge in [-0.3, -0.25) is 4.79 Å². The third-order valence-corrected chi connectivity index (χ3v) is 5.65. The molecule has 10 heteroatoms. The highest BCUT2D eigenvalue weighted by atomic mass is 32.2. The first kappa shape index (κ1) is 19.0. The van der Waals surface area contributed by atoms with E-state index in [0.29, 0.717) is 21.6 Å². The molecule has 8 nitrogen and oxygen atoms in total. The van der Waals surface area contributed by atoms with E-state index < -0.39 is 5.92 Å². The number of methoxy groups -OCH3 is 1. The number of Topliss-reactive ketones (excluding diaryl/α,β-unsaturated/α-hetero) is 1. The third kappa shape index (κ3) is 4.15. The quantitative estimate of drug-likeness (QED) is 0.557. The second-order valence-electron chi connectivity index (χ2n) is 5.69. The van der Waals surface area contributed by atoms with Crippen molar-refractivity contribution >= 4 is 28.9 Å². The van der Waals surface area contributed by atoms with Gasteiger partial charge in [0.15, 0.2) is 11.7 Å². The Morgan fingerprint density at radius 1 is 1.44 bits per heavy atom. The second-order valence-corrected chi connectivity index (χ2v) is 7.52. The summed E-state index contributed by atoms with van der Waals surface area (Å²) in [5.41, 5.74) is 2.51. The lowest BCUT2D eigenvalue weighted by molar-refractivity contribution is -0.116. The van der Waals surface area contributed by atoms with Gasteiger partial charge in [-0.05, 0) is 42.0 Å². The van der Waals surface area contributed by atoms with Crippen LogP contribution in [0.1, 0.15) is 22.2 Å². The van der Waals surface area contributed by atoms with Crippen molar-refractivity contribution in [3.05, 3.63) is 39.8 Å². The third-order valence-electron chi connectivity index (χ3n) is 3.68. The number of rotatable bonds is 7. The number of hydrogen-bond acceptors (Lipinski definition) is 9. The molecule has 27 heavy (non-hydrogen) atoms. The van der Waals surface area contributed by atoms with Crippen molar-refractivity contribution in [1.29, 1.82) is 5.26 Å². The van der Waals surface area contributed by atoms with Gasteiger partial charge in [-0.2, -0.15) is 9.94 Å². The van der Waals surface area contributed by atoms with Gasteiger partial charge in [0.1, 0.15) is 16.4 Å². The first-order valence-electron chi connectivity index (χ1n) is 7.94. The fraction of sp³-hybridized carbons (Fsp3) is 0.294. The minimum atomic E-state index is -0.881. The molecule has 0 aliphatic heterocycles. The summed E-state index contributed by atoms with van der Waals surface area (Å²) in [6, 6.07) is 7.70. The first-order valence-corrected chi connectivity index (χ1v) is 9.80. The van der Waals surface area contributed by atoms with E-state index in [-0.39, 0.29) is 11.5 Å². The van der Waals surface area contributed by atoms with Crippen LogP contribution in [0.5, 0.6) is 5.75 Å². The van der Waals surface area contributed by atoms with Gasteiger partial charge in [-0.25, -0.2) is 4.98 Å². The molecule has 0 spiro atoms. The summed E-state index contributed by atoms with van der Waals surface area (Å²) >= 11 is 2.49. The van der Waals surface area contributed by atoms with E-state index in [1.165, 1.54) is 27.8 Å². The van der Waals surface area contributed by atoms with Crippen LogP contribution in [0.25, 0.3) is 5.69 Å². The minimum Gasteiger partial charge on any atom is -0.494 e. The molecule has 2 aromatic heterocycles. The van der Waals surface area contributed by atoms with E-state index in [4.69, 9.17) is 4.74 Å². The van der Waals surface area contributed by atoms with E-state index in [2.05, 4.69) is 20.5 Å². The van der Waals surface area contributed by atoms with Crippen molar-refractivity contribution in [2.75, 3.05) is 12.9 Å². The largest absolute Gasteiger partial charge is 0.494 e. The first-order chi connectivity index (χ1) is 13.0. The van der Waals surface area contributed by atoms with E-state index in [9.17, 15) is 10.1 Å². The van der Waals surface area contributed by atoms with Crippen molar-refractivity contribution in [3.63, 3.8) is 0 Å². The van der Waals surface area contributed by atoms with Crippen molar-refractivity contribution in [2.45, 2.75) is 24.9 Å². The van der Waals surface area contributed by atoms with Crippen molar-refractivity contribution in [1.82, 2.24) is 25.2 Å². The molecule has 3 aromatic rings. The molecule has 138 valence electrons. The zero-order valence-electron chi connectivity index (χ0n) is 14.9. The number of ether oxygens (including phenoxy) is 1.